The van der Waals surface area contributed by atoms with Gasteiger partial charge < -0.3 is 41.8 Å². The predicted octanol–water partition coefficient (Wildman–Crippen LogP) is 16.3. The molecule has 0 aliphatic carbocycles. The van der Waals surface area contributed by atoms with Gasteiger partial charge in [0.1, 0.15) is 34.6 Å². The van der Waals surface area contributed by atoms with E-state index in [-0.39, 0.29) is 123 Å². The van der Waals surface area contributed by atoms with E-state index in [1.807, 2.05) is 296 Å². The van der Waals surface area contributed by atoms with Gasteiger partial charge >= 0.3 is 112 Å². The molecule has 0 aromatic heterocycles. The summed E-state index contributed by atoms with van der Waals surface area (Å²) in [6.07, 6.45) is 10.6. The van der Waals surface area contributed by atoms with E-state index < -0.39 is 23.5 Å². The topological polar surface area (TPSA) is 176 Å². The Balaban J connectivity index is 0.000000147. The second kappa shape index (κ2) is 36.8. The fourth-order valence-electron chi connectivity index (χ4n) is 13.0. The molecule has 12 aromatic carbocycles. The Morgan fingerprint density at radius 3 is 0.763 bits per heavy atom. The van der Waals surface area contributed by atoms with Crippen LogP contribution < -0.4 is 103 Å². The zero-order valence-corrected chi connectivity index (χ0v) is 77.0. The molecule has 0 fully saturated rings. The Hall–Kier alpha value is -6.45. The van der Waals surface area contributed by atoms with E-state index in [1.165, 1.54) is 0 Å². The number of hydrogen-bond donors (Lipinski definition) is 0. The molecule has 24 heteroatoms. The molecule has 0 radical (unpaired) electrons. The van der Waals surface area contributed by atoms with Crippen LogP contribution in [0, 0.1) is 41.5 Å². The number of hydrogen-bond acceptors (Lipinski definition) is 18. The van der Waals surface area contributed by atoms with Crippen LogP contribution in [0.2, 0.25) is 0 Å². The minimum atomic E-state index is -4.84. The molecule has 12 nitrogen and oxygen atoms in total. The van der Waals surface area contributed by atoms with Crippen molar-refractivity contribution in [3.63, 3.8) is 0 Å². The van der Waals surface area contributed by atoms with E-state index in [1.54, 1.807) is 107 Å². The number of fused-ring (bicyclic) bond motifs is 12. The molecule has 0 atom stereocenters. The standard InChI is InChI=1S/3C30H23O4PS2.3Na/c1-19-9-7-13-23-25(17-21-11-3-5-15-27(21)36-29(19)23)33-35(31,32)34-26-18-22-12-4-6-16-28(22)37-30-20(2)10-8-14-24(26)30;1-19-11-13-29-23(15-19)25(17-21-7-3-5-9-27(21)36-29)33-35(31,32)34-26-18-22-8-4-6-10-28(22)37-30-14-12-20(2)16-24(26)30;1-19-11-13-23-25(17-21-7-3-5-9-27(21)36-29(23)15-19)33-35(31,32)34-26-18-22-8-4-6-10-28(22)37-30-16-20(2)12-14-24(26)30;;;/h3*3-18H,1-2H3,(H,31,32);;;/q;;;3*+1/p-3. The van der Waals surface area contributed by atoms with E-state index in [2.05, 4.69) is 0 Å². The molecule has 0 amide bonds. The van der Waals surface area contributed by atoms with Crippen LogP contribution in [0.1, 0.15) is 100 Å². The number of phosphoric ester groups is 3. The Morgan fingerprint density at radius 1 is 0.228 bits per heavy atom. The molecule has 0 unspecified atom stereocenters. The third-order valence-electron chi connectivity index (χ3n) is 18.4. The molecule has 552 valence electrons. The largest absolute Gasteiger partial charge is 1.00 e. The monoisotopic (exact) mass is 1690 g/mol. The average molecular weight is 1690 g/mol. The molecule has 6 aliphatic heterocycles. The van der Waals surface area contributed by atoms with Gasteiger partial charge in [0, 0.05) is 92.1 Å². The average Bonchev–Trinajstić information content (AvgIpc) is 1.62. The van der Waals surface area contributed by atoms with Crippen LogP contribution in [-0.2, 0) is 40.8 Å². The maximum absolute atomic E-state index is 13.5. The maximum atomic E-state index is 13.5. The van der Waals surface area contributed by atoms with Crippen molar-refractivity contribution in [1.29, 1.82) is 0 Å². The third kappa shape index (κ3) is 19.8. The van der Waals surface area contributed by atoms with Gasteiger partial charge in [-0.05, 0) is 219 Å². The zero-order chi connectivity index (χ0) is 76.7. The first-order valence-corrected chi connectivity index (χ1v) is 44.5. The summed E-state index contributed by atoms with van der Waals surface area (Å²) in [5.41, 5.74) is 15.8. The van der Waals surface area contributed by atoms with Gasteiger partial charge in [0.05, 0.1) is 0 Å². The van der Waals surface area contributed by atoms with Crippen LogP contribution >= 0.6 is 94.0 Å². The number of phosphoric acid groups is 3. The number of benzene rings is 12. The fourth-order valence-corrected chi connectivity index (χ4v) is 22.1. The van der Waals surface area contributed by atoms with Crippen LogP contribution in [0.15, 0.2) is 314 Å². The number of aryl methyl sites for hydroxylation is 6. The van der Waals surface area contributed by atoms with Gasteiger partial charge in [-0.1, -0.05) is 252 Å². The van der Waals surface area contributed by atoms with Crippen molar-refractivity contribution in [3.8, 4) is 0 Å². The second-order valence-corrected chi connectivity index (χ2v) is 36.9. The van der Waals surface area contributed by atoms with Crippen LogP contribution in [0.4, 0.5) is 0 Å². The van der Waals surface area contributed by atoms with Crippen molar-refractivity contribution in [3.05, 3.63) is 355 Å². The summed E-state index contributed by atoms with van der Waals surface area (Å²) in [4.78, 5) is 52.2. The van der Waals surface area contributed by atoms with Gasteiger partial charge in [0.25, 0.3) is 0 Å². The Kier molecular flexibility index (Phi) is 27.6. The van der Waals surface area contributed by atoms with E-state index in [9.17, 15) is 28.4 Å². The van der Waals surface area contributed by atoms with Gasteiger partial charge in [-0.25, -0.2) is 13.7 Å². The van der Waals surface area contributed by atoms with Crippen LogP contribution in [0.3, 0.4) is 0 Å². The molecular weight excluding hydrogens is 1630 g/mol. The minimum absolute atomic E-state index is 0. The van der Waals surface area contributed by atoms with Gasteiger partial charge in [-0.3, -0.25) is 0 Å². The van der Waals surface area contributed by atoms with Gasteiger partial charge in [-0.15, -0.1) is 0 Å². The molecular formula is C90H66Na3O12P3S6. The van der Waals surface area contributed by atoms with Gasteiger partial charge in [-0.2, -0.15) is 0 Å². The van der Waals surface area contributed by atoms with Crippen molar-refractivity contribution in [2.75, 3.05) is 0 Å². The molecule has 18 rings (SSSR count). The van der Waals surface area contributed by atoms with Crippen molar-refractivity contribution in [2.45, 2.75) is 100 Å². The summed E-state index contributed by atoms with van der Waals surface area (Å²) in [6, 6.07) is 82.4. The molecule has 6 heterocycles. The predicted molar refractivity (Wildman–Crippen MR) is 447 cm³/mol. The van der Waals surface area contributed by atoms with Crippen LogP contribution in [0.5, 0.6) is 0 Å². The van der Waals surface area contributed by atoms with Gasteiger partial charge in [0.15, 0.2) is 0 Å². The second-order valence-electron chi connectivity index (χ2n) is 26.7. The van der Waals surface area contributed by atoms with Crippen LogP contribution in [-0.4, -0.2) is 0 Å². The van der Waals surface area contributed by atoms with E-state index >= 15 is 0 Å². The molecule has 114 heavy (non-hydrogen) atoms. The minimum Gasteiger partial charge on any atom is -0.736 e. The summed E-state index contributed by atoms with van der Waals surface area (Å²) in [6.45, 7) is 12.0. The third-order valence-corrected chi connectivity index (χ3v) is 28.2. The van der Waals surface area contributed by atoms with Crippen molar-refractivity contribution < 1.29 is 144 Å². The van der Waals surface area contributed by atoms with Crippen molar-refractivity contribution >= 4 is 165 Å². The zero-order valence-electron chi connectivity index (χ0n) is 63.4. The van der Waals surface area contributed by atoms with Crippen molar-refractivity contribution in [1.82, 2.24) is 0 Å². The van der Waals surface area contributed by atoms with E-state index in [0.717, 1.165) is 126 Å². The van der Waals surface area contributed by atoms with Gasteiger partial charge in [0.2, 0.25) is 0 Å². The molecule has 0 saturated carbocycles. The molecule has 0 spiro atoms. The summed E-state index contributed by atoms with van der Waals surface area (Å²) in [5.74, 6) is 1.43. The molecule has 6 aliphatic rings. The first kappa shape index (κ1) is 85.4. The van der Waals surface area contributed by atoms with E-state index in [0.29, 0.717) is 33.4 Å². The SMILES string of the molecule is Cc1ccc2c(c1)C(OP(=O)([O-])OC1=Cc3ccccc3Sc3ccc(C)cc31)=Cc1ccccc1S2.Cc1ccc2c(c1)Sc1ccccc1C=C2OP(=O)([O-])OC1=Cc2ccccc2Sc2cc(C)ccc21.Cc1cccc2c1Sc1ccccc1C=C2OP(=O)([O-])OC1=Cc2ccccc2Sc2c(C)cccc21.[Na+].[Na+].[Na+]. The molecule has 0 N–H and O–H groups in total. The summed E-state index contributed by atoms with van der Waals surface area (Å²) in [7, 11) is -14.5. The van der Waals surface area contributed by atoms with Crippen molar-refractivity contribution in [2.24, 2.45) is 0 Å². The first-order valence-electron chi connectivity index (χ1n) is 35.2. The normalized spacial score (nSPS) is 13.7. The Bertz CT molecular complexity index is 5760. The van der Waals surface area contributed by atoms with E-state index in [4.69, 9.17) is 27.1 Å². The summed E-state index contributed by atoms with van der Waals surface area (Å²) < 4.78 is 74.9. The Morgan fingerprint density at radius 2 is 0.465 bits per heavy atom. The quantitative estimate of drug-likeness (QED) is 0.0833. The molecule has 0 saturated heterocycles. The maximum Gasteiger partial charge on any atom is 1.00 e. The summed E-state index contributed by atoms with van der Waals surface area (Å²) >= 11 is 9.56. The Labute approximate surface area is 755 Å². The molecule has 0 bridgehead atoms. The smallest absolute Gasteiger partial charge is 0.736 e. The number of rotatable bonds is 12. The molecule has 12 aromatic rings. The fraction of sp³-hybridized carbons (Fsp3) is 0.0667. The summed E-state index contributed by atoms with van der Waals surface area (Å²) in [5, 5.41) is 0. The van der Waals surface area contributed by atoms with Crippen LogP contribution in [0.25, 0.3) is 71.0 Å². The first-order chi connectivity index (χ1) is 53.6.